The molecule has 0 aliphatic heterocycles. The lowest BCUT2D eigenvalue weighted by Gasteiger charge is -2.07. The Hall–Kier alpha value is -3.07. The Morgan fingerprint density at radius 2 is 1.58 bits per heavy atom. The summed E-state index contributed by atoms with van der Waals surface area (Å²) in [7, 11) is 2.11. The van der Waals surface area contributed by atoms with Gasteiger partial charge in [0.1, 0.15) is 7.05 Å². The first kappa shape index (κ1) is 14.5. The lowest BCUT2D eigenvalue weighted by molar-refractivity contribution is -0.633. The fourth-order valence-electron chi connectivity index (χ4n) is 3.10. The summed E-state index contributed by atoms with van der Waals surface area (Å²) in [6.07, 6.45) is 3.55. The van der Waals surface area contributed by atoms with Gasteiger partial charge in [0.15, 0.2) is 5.82 Å². The maximum absolute atomic E-state index is 4.36. The van der Waals surface area contributed by atoms with E-state index in [0.29, 0.717) is 0 Å². The van der Waals surface area contributed by atoms with Crippen LogP contribution in [0.25, 0.3) is 33.5 Å². The molecule has 2 heterocycles. The standard InChI is InChI=1S/C21H18N3/c1-15-6-3-4-7-18(15)19-11-10-16-8-9-17(14-20(16)24(19)2)21-22-12-5-13-23-21/h3-14H,1-2H3/q+1. The summed E-state index contributed by atoms with van der Waals surface area (Å²) in [5.41, 5.74) is 5.92. The molecular formula is C21H18N3+. The molecule has 24 heavy (non-hydrogen) atoms. The van der Waals surface area contributed by atoms with E-state index in [1.54, 1.807) is 12.4 Å². The summed E-state index contributed by atoms with van der Waals surface area (Å²) in [6, 6.07) is 21.0. The van der Waals surface area contributed by atoms with E-state index >= 15 is 0 Å². The number of hydrogen-bond donors (Lipinski definition) is 0. The lowest BCUT2D eigenvalue weighted by Crippen LogP contribution is -2.32. The summed E-state index contributed by atoms with van der Waals surface area (Å²) < 4.78 is 2.24. The highest BCUT2D eigenvalue weighted by atomic mass is 14.9. The molecule has 4 aromatic rings. The highest BCUT2D eigenvalue weighted by molar-refractivity contribution is 5.82. The monoisotopic (exact) mass is 312 g/mol. The summed E-state index contributed by atoms with van der Waals surface area (Å²) >= 11 is 0. The third-order valence-electron chi connectivity index (χ3n) is 4.42. The van der Waals surface area contributed by atoms with Gasteiger partial charge in [-0.1, -0.05) is 24.3 Å². The molecule has 0 amide bonds. The van der Waals surface area contributed by atoms with Gasteiger partial charge in [-0.2, -0.15) is 4.57 Å². The average molecular weight is 312 g/mol. The van der Waals surface area contributed by atoms with Crippen molar-refractivity contribution < 1.29 is 4.57 Å². The minimum atomic E-state index is 0.751. The first-order valence-electron chi connectivity index (χ1n) is 8.00. The second-order valence-electron chi connectivity index (χ2n) is 5.94. The van der Waals surface area contributed by atoms with E-state index in [1.807, 2.05) is 6.07 Å². The fraction of sp³-hybridized carbons (Fsp3) is 0.0952. The first-order valence-corrected chi connectivity index (χ1v) is 8.00. The van der Waals surface area contributed by atoms with Crippen molar-refractivity contribution in [2.24, 2.45) is 7.05 Å². The molecule has 0 fully saturated rings. The van der Waals surface area contributed by atoms with Gasteiger partial charge in [-0.25, -0.2) is 9.97 Å². The molecule has 0 saturated carbocycles. The van der Waals surface area contributed by atoms with E-state index in [4.69, 9.17) is 0 Å². The topological polar surface area (TPSA) is 29.7 Å². The van der Waals surface area contributed by atoms with Crippen LogP contribution in [0, 0.1) is 6.92 Å². The van der Waals surface area contributed by atoms with Crippen molar-refractivity contribution >= 4 is 10.9 Å². The molecule has 4 rings (SSSR count). The molecule has 0 N–H and O–H groups in total. The Labute approximate surface area is 141 Å². The minimum Gasteiger partial charge on any atom is -0.237 e. The number of rotatable bonds is 2. The predicted octanol–water partition coefficient (Wildman–Crippen LogP) is 4.10. The maximum atomic E-state index is 4.36. The zero-order valence-corrected chi connectivity index (χ0v) is 13.8. The van der Waals surface area contributed by atoms with E-state index in [0.717, 1.165) is 11.4 Å². The van der Waals surface area contributed by atoms with Crippen LogP contribution in [0.1, 0.15) is 5.56 Å². The van der Waals surface area contributed by atoms with Crippen molar-refractivity contribution in [3.8, 4) is 22.6 Å². The third-order valence-corrected chi connectivity index (χ3v) is 4.42. The van der Waals surface area contributed by atoms with Gasteiger partial charge in [-0.05, 0) is 36.8 Å². The van der Waals surface area contributed by atoms with E-state index in [9.17, 15) is 0 Å². The molecule has 3 heteroatoms. The maximum Gasteiger partial charge on any atom is 0.213 e. The third kappa shape index (κ3) is 2.44. The van der Waals surface area contributed by atoms with Crippen molar-refractivity contribution in [2.75, 3.05) is 0 Å². The summed E-state index contributed by atoms with van der Waals surface area (Å²) in [4.78, 5) is 8.72. The Morgan fingerprint density at radius 3 is 2.38 bits per heavy atom. The molecular weight excluding hydrogens is 294 g/mol. The smallest absolute Gasteiger partial charge is 0.213 e. The SMILES string of the molecule is Cc1ccccc1-c1ccc2ccc(-c3ncccn3)cc2[n+]1C. The highest BCUT2D eigenvalue weighted by Crippen LogP contribution is 2.24. The van der Waals surface area contributed by atoms with Crippen molar-refractivity contribution in [1.29, 1.82) is 0 Å². The molecule has 0 unspecified atom stereocenters. The molecule has 0 spiro atoms. The van der Waals surface area contributed by atoms with Crippen LogP contribution in [-0.2, 0) is 7.05 Å². The van der Waals surface area contributed by atoms with Gasteiger partial charge in [-0.3, -0.25) is 0 Å². The van der Waals surface area contributed by atoms with Gasteiger partial charge in [0.2, 0.25) is 11.2 Å². The number of aromatic nitrogens is 3. The Balaban J connectivity index is 1.93. The van der Waals surface area contributed by atoms with E-state index in [1.165, 1.54) is 27.7 Å². The average Bonchev–Trinajstić information content (AvgIpc) is 2.63. The van der Waals surface area contributed by atoms with Gasteiger partial charge in [-0.15, -0.1) is 0 Å². The molecule has 2 aromatic heterocycles. The minimum absolute atomic E-state index is 0.751. The molecule has 0 radical (unpaired) electrons. The number of fused-ring (bicyclic) bond motifs is 1. The highest BCUT2D eigenvalue weighted by Gasteiger charge is 2.16. The molecule has 3 nitrogen and oxygen atoms in total. The van der Waals surface area contributed by atoms with Gasteiger partial charge >= 0.3 is 0 Å². The van der Waals surface area contributed by atoms with Crippen LogP contribution in [0.5, 0.6) is 0 Å². The van der Waals surface area contributed by atoms with Gasteiger partial charge in [0.25, 0.3) is 0 Å². The van der Waals surface area contributed by atoms with E-state index < -0.39 is 0 Å². The van der Waals surface area contributed by atoms with Gasteiger partial charge < -0.3 is 0 Å². The number of pyridine rings is 1. The van der Waals surface area contributed by atoms with Gasteiger partial charge in [0.05, 0.1) is 0 Å². The van der Waals surface area contributed by atoms with Crippen molar-refractivity contribution in [1.82, 2.24) is 9.97 Å². The zero-order valence-electron chi connectivity index (χ0n) is 13.8. The van der Waals surface area contributed by atoms with E-state index in [-0.39, 0.29) is 0 Å². The normalized spacial score (nSPS) is 10.9. The summed E-state index contributed by atoms with van der Waals surface area (Å²) in [5.74, 6) is 0.751. The quantitative estimate of drug-likeness (QED) is 0.522. The van der Waals surface area contributed by atoms with Crippen LogP contribution in [0.4, 0.5) is 0 Å². The van der Waals surface area contributed by atoms with E-state index in [2.05, 4.69) is 83.1 Å². The first-order chi connectivity index (χ1) is 11.7. The number of hydrogen-bond acceptors (Lipinski definition) is 2. The van der Waals surface area contributed by atoms with Crippen LogP contribution >= 0.6 is 0 Å². The predicted molar refractivity (Wildman–Crippen MR) is 96.3 cm³/mol. The second-order valence-corrected chi connectivity index (χ2v) is 5.94. The second kappa shape index (κ2) is 5.85. The zero-order chi connectivity index (χ0) is 16.5. The molecule has 2 aromatic carbocycles. The molecule has 0 saturated heterocycles. The van der Waals surface area contributed by atoms with Crippen LogP contribution in [0.3, 0.4) is 0 Å². The molecule has 0 aliphatic carbocycles. The van der Waals surface area contributed by atoms with Crippen molar-refractivity contribution in [3.63, 3.8) is 0 Å². The molecule has 116 valence electrons. The lowest BCUT2D eigenvalue weighted by atomic mass is 10.0. The Kier molecular flexibility index (Phi) is 3.54. The van der Waals surface area contributed by atoms with Crippen LogP contribution in [0.15, 0.2) is 73.1 Å². The molecule has 0 atom stereocenters. The number of nitrogens with zero attached hydrogens (tertiary/aromatic N) is 3. The number of aryl methyl sites for hydroxylation is 2. The summed E-state index contributed by atoms with van der Waals surface area (Å²) in [5, 5.41) is 1.20. The fourth-order valence-corrected chi connectivity index (χ4v) is 3.10. The molecule has 0 bridgehead atoms. The summed E-state index contributed by atoms with van der Waals surface area (Å²) in [6.45, 7) is 2.15. The largest absolute Gasteiger partial charge is 0.237 e. The van der Waals surface area contributed by atoms with Crippen molar-refractivity contribution in [2.45, 2.75) is 6.92 Å². The van der Waals surface area contributed by atoms with Crippen molar-refractivity contribution in [3.05, 3.63) is 78.6 Å². The molecule has 0 aliphatic rings. The van der Waals surface area contributed by atoms with Crippen LogP contribution in [0.2, 0.25) is 0 Å². The Bertz CT molecular complexity index is 1020. The van der Waals surface area contributed by atoms with Crippen LogP contribution < -0.4 is 4.57 Å². The number of benzene rings is 2. The Morgan fingerprint density at radius 1 is 0.833 bits per heavy atom. The van der Waals surface area contributed by atoms with Crippen LogP contribution in [-0.4, -0.2) is 9.97 Å². The van der Waals surface area contributed by atoms with Gasteiger partial charge in [0, 0.05) is 41.0 Å².